The minimum atomic E-state index is -3.10. The van der Waals surface area contributed by atoms with Crippen LogP contribution in [0.5, 0.6) is 5.75 Å². The van der Waals surface area contributed by atoms with Gasteiger partial charge in [-0.2, -0.15) is 8.78 Å². The number of ether oxygens (including phenoxy) is 1. The monoisotopic (exact) mass is 252 g/mol. The Morgan fingerprint density at radius 2 is 2.12 bits per heavy atom. The zero-order chi connectivity index (χ0) is 12.1. The highest BCUT2D eigenvalue weighted by Gasteiger charge is 2.13. The van der Waals surface area contributed by atoms with Crippen LogP contribution in [0.25, 0.3) is 0 Å². The molecule has 1 aromatic carbocycles. The first-order valence-electron chi connectivity index (χ1n) is 4.38. The molecule has 0 saturated carbocycles. The Morgan fingerprint density at radius 1 is 1.44 bits per heavy atom. The molecule has 16 heavy (non-hydrogen) atoms. The van der Waals surface area contributed by atoms with Crippen molar-refractivity contribution in [2.24, 2.45) is 0 Å². The molecule has 0 heterocycles. The van der Waals surface area contributed by atoms with Crippen LogP contribution in [0, 0.1) is 5.82 Å². The Morgan fingerprint density at radius 3 is 2.62 bits per heavy atom. The summed E-state index contributed by atoms with van der Waals surface area (Å²) in [5.41, 5.74) is 0.0831. The van der Waals surface area contributed by atoms with Crippen molar-refractivity contribution in [2.75, 3.05) is 5.88 Å². The van der Waals surface area contributed by atoms with Crippen LogP contribution < -0.4 is 4.74 Å². The van der Waals surface area contributed by atoms with Gasteiger partial charge in [-0.1, -0.05) is 0 Å². The first-order valence-corrected chi connectivity index (χ1v) is 4.91. The van der Waals surface area contributed by atoms with Crippen LogP contribution in [0.2, 0.25) is 0 Å². The van der Waals surface area contributed by atoms with E-state index in [1.165, 1.54) is 6.07 Å². The van der Waals surface area contributed by atoms with E-state index in [-0.39, 0.29) is 23.6 Å². The fourth-order valence-electron chi connectivity index (χ4n) is 1.10. The molecule has 0 radical (unpaired) electrons. The molecule has 0 spiro atoms. The van der Waals surface area contributed by atoms with E-state index in [2.05, 4.69) is 4.74 Å². The Balaban J connectivity index is 2.86. The van der Waals surface area contributed by atoms with Gasteiger partial charge in [-0.3, -0.25) is 4.79 Å². The SMILES string of the molecule is O=C(CCCl)c1ccc(OC(F)F)c(F)c1. The number of carbonyl (C=O) groups is 1. The quantitative estimate of drug-likeness (QED) is 0.594. The molecule has 0 N–H and O–H groups in total. The summed E-state index contributed by atoms with van der Waals surface area (Å²) in [6.07, 6.45) is 0.0655. The number of benzene rings is 1. The summed E-state index contributed by atoms with van der Waals surface area (Å²) in [5.74, 6) is -1.81. The molecule has 0 amide bonds. The third-order valence-electron chi connectivity index (χ3n) is 1.79. The van der Waals surface area contributed by atoms with Gasteiger partial charge in [0.1, 0.15) is 0 Å². The van der Waals surface area contributed by atoms with E-state index >= 15 is 0 Å². The summed E-state index contributed by atoms with van der Waals surface area (Å²) < 4.78 is 40.7. The fourth-order valence-corrected chi connectivity index (χ4v) is 1.27. The number of alkyl halides is 3. The highest BCUT2D eigenvalue weighted by atomic mass is 35.5. The summed E-state index contributed by atoms with van der Waals surface area (Å²) >= 11 is 5.35. The second kappa shape index (κ2) is 5.75. The molecule has 0 unspecified atom stereocenters. The van der Waals surface area contributed by atoms with Gasteiger partial charge < -0.3 is 4.74 Å². The Bertz CT molecular complexity index is 382. The lowest BCUT2D eigenvalue weighted by atomic mass is 10.1. The zero-order valence-electron chi connectivity index (χ0n) is 8.05. The average molecular weight is 253 g/mol. The highest BCUT2D eigenvalue weighted by molar-refractivity contribution is 6.19. The molecule has 0 saturated heterocycles. The largest absolute Gasteiger partial charge is 0.432 e. The van der Waals surface area contributed by atoms with Crippen molar-refractivity contribution in [2.45, 2.75) is 13.0 Å². The summed E-state index contributed by atoms with van der Waals surface area (Å²) in [6.45, 7) is -3.10. The lowest BCUT2D eigenvalue weighted by Crippen LogP contribution is -2.05. The normalized spacial score (nSPS) is 10.6. The summed E-state index contributed by atoms with van der Waals surface area (Å²) in [7, 11) is 0. The molecule has 0 aromatic heterocycles. The predicted molar refractivity (Wildman–Crippen MR) is 52.7 cm³/mol. The first-order chi connectivity index (χ1) is 7.54. The Hall–Kier alpha value is -1.23. The van der Waals surface area contributed by atoms with Crippen LogP contribution in [0.3, 0.4) is 0 Å². The van der Waals surface area contributed by atoms with Crippen molar-refractivity contribution in [3.8, 4) is 5.75 Å². The standard InChI is InChI=1S/C10H8ClF3O2/c11-4-3-8(15)6-1-2-9(7(12)5-6)16-10(13)14/h1-2,5,10H,3-4H2. The van der Waals surface area contributed by atoms with Gasteiger partial charge in [-0.25, -0.2) is 4.39 Å². The summed E-state index contributed by atoms with van der Waals surface area (Å²) in [5, 5.41) is 0. The van der Waals surface area contributed by atoms with Gasteiger partial charge in [-0.05, 0) is 18.2 Å². The molecule has 0 aliphatic carbocycles. The minimum absolute atomic E-state index is 0.0655. The number of hydrogen-bond acceptors (Lipinski definition) is 2. The molecule has 0 aliphatic rings. The van der Waals surface area contributed by atoms with Gasteiger partial charge in [0.15, 0.2) is 17.3 Å². The number of rotatable bonds is 5. The van der Waals surface area contributed by atoms with E-state index in [9.17, 15) is 18.0 Å². The van der Waals surface area contributed by atoms with E-state index in [1.54, 1.807) is 0 Å². The van der Waals surface area contributed by atoms with Crippen LogP contribution in [0.1, 0.15) is 16.8 Å². The van der Waals surface area contributed by atoms with Gasteiger partial charge in [0.05, 0.1) is 0 Å². The van der Waals surface area contributed by atoms with Gasteiger partial charge in [0.25, 0.3) is 0 Å². The van der Waals surface area contributed by atoms with Crippen molar-refractivity contribution in [1.82, 2.24) is 0 Å². The topological polar surface area (TPSA) is 26.3 Å². The maximum Gasteiger partial charge on any atom is 0.387 e. The molecular weight excluding hydrogens is 245 g/mol. The van der Waals surface area contributed by atoms with Crippen molar-refractivity contribution < 1.29 is 22.7 Å². The van der Waals surface area contributed by atoms with Gasteiger partial charge >= 0.3 is 6.61 Å². The molecule has 2 nitrogen and oxygen atoms in total. The average Bonchev–Trinajstić information content (AvgIpc) is 2.20. The molecule has 0 atom stereocenters. The summed E-state index contributed by atoms with van der Waals surface area (Å²) in [4.78, 5) is 11.3. The second-order valence-electron chi connectivity index (χ2n) is 2.89. The Labute approximate surface area is 95.0 Å². The Kier molecular flexibility index (Phi) is 4.61. The molecule has 1 rings (SSSR count). The van der Waals surface area contributed by atoms with Crippen molar-refractivity contribution in [3.05, 3.63) is 29.6 Å². The van der Waals surface area contributed by atoms with Crippen molar-refractivity contribution in [3.63, 3.8) is 0 Å². The van der Waals surface area contributed by atoms with Gasteiger partial charge in [0, 0.05) is 17.9 Å². The number of halogens is 4. The van der Waals surface area contributed by atoms with Crippen molar-refractivity contribution in [1.29, 1.82) is 0 Å². The number of ketones is 1. The third kappa shape index (κ3) is 3.41. The van der Waals surface area contributed by atoms with E-state index in [0.29, 0.717) is 0 Å². The maximum absolute atomic E-state index is 13.2. The molecule has 1 aromatic rings. The first kappa shape index (κ1) is 12.8. The second-order valence-corrected chi connectivity index (χ2v) is 3.26. The van der Waals surface area contributed by atoms with Crippen LogP contribution in [-0.4, -0.2) is 18.3 Å². The smallest absolute Gasteiger partial charge is 0.387 e. The van der Waals surface area contributed by atoms with Gasteiger partial charge in [0.2, 0.25) is 0 Å². The zero-order valence-corrected chi connectivity index (χ0v) is 8.81. The van der Waals surface area contributed by atoms with Crippen molar-refractivity contribution >= 4 is 17.4 Å². The molecule has 0 fully saturated rings. The van der Waals surface area contributed by atoms with Crippen LogP contribution in [0.4, 0.5) is 13.2 Å². The molecule has 0 aliphatic heterocycles. The lowest BCUT2D eigenvalue weighted by Gasteiger charge is -2.06. The number of hydrogen-bond donors (Lipinski definition) is 0. The van der Waals surface area contributed by atoms with E-state index in [1.807, 2.05) is 0 Å². The van der Waals surface area contributed by atoms with Crippen LogP contribution in [0.15, 0.2) is 18.2 Å². The molecule has 6 heteroatoms. The third-order valence-corrected chi connectivity index (χ3v) is 1.98. The summed E-state index contributed by atoms with van der Waals surface area (Å²) in [6, 6.07) is 3.06. The molecular formula is C10H8ClF3O2. The van der Waals surface area contributed by atoms with Gasteiger partial charge in [-0.15, -0.1) is 11.6 Å². The minimum Gasteiger partial charge on any atom is -0.432 e. The lowest BCUT2D eigenvalue weighted by molar-refractivity contribution is -0.0521. The maximum atomic E-state index is 13.2. The van der Waals surface area contributed by atoms with E-state index < -0.39 is 18.2 Å². The predicted octanol–water partition coefficient (Wildman–Crippen LogP) is 3.24. The molecule has 88 valence electrons. The number of carbonyl (C=O) groups excluding carboxylic acids is 1. The highest BCUT2D eigenvalue weighted by Crippen LogP contribution is 2.21. The van der Waals surface area contributed by atoms with E-state index in [4.69, 9.17) is 11.6 Å². The molecule has 0 bridgehead atoms. The van der Waals surface area contributed by atoms with Crippen LogP contribution >= 0.6 is 11.6 Å². The number of Topliss-reactive ketones (excluding diaryl/α,β-unsaturated/α-hetero) is 1. The fraction of sp³-hybridized carbons (Fsp3) is 0.300. The van der Waals surface area contributed by atoms with E-state index in [0.717, 1.165) is 12.1 Å². The van der Waals surface area contributed by atoms with Crippen LogP contribution in [-0.2, 0) is 0 Å².